The van der Waals surface area contributed by atoms with Gasteiger partial charge in [0.1, 0.15) is 24.0 Å². The molecule has 0 saturated heterocycles. The molecule has 2 aromatic rings. The first-order valence-corrected chi connectivity index (χ1v) is 7.75. The molecule has 0 spiro atoms. The van der Waals surface area contributed by atoms with Gasteiger partial charge in [0.05, 0.1) is 11.7 Å². The van der Waals surface area contributed by atoms with Gasteiger partial charge >= 0.3 is 0 Å². The summed E-state index contributed by atoms with van der Waals surface area (Å²) in [6.07, 6.45) is 0. The van der Waals surface area contributed by atoms with Crippen LogP contribution in [0.25, 0.3) is 0 Å². The molecular weight excluding hydrogens is 323 g/mol. The number of nitrogens with zero attached hydrogens (tertiary/aromatic N) is 4. The molecule has 1 aromatic heterocycles. The lowest BCUT2D eigenvalue weighted by molar-refractivity contribution is -0.132. The zero-order valence-corrected chi connectivity index (χ0v) is 14.6. The van der Waals surface area contributed by atoms with Crippen molar-refractivity contribution in [3.8, 4) is 6.07 Å². The summed E-state index contributed by atoms with van der Waals surface area (Å²) in [4.78, 5) is 26.2. The molecule has 0 N–H and O–H groups in total. The van der Waals surface area contributed by atoms with E-state index in [-0.39, 0.29) is 29.9 Å². The van der Waals surface area contributed by atoms with Gasteiger partial charge in [-0.2, -0.15) is 10.4 Å². The fourth-order valence-electron chi connectivity index (χ4n) is 2.43. The van der Waals surface area contributed by atoms with Crippen LogP contribution >= 0.6 is 0 Å². The summed E-state index contributed by atoms with van der Waals surface area (Å²) in [5.41, 5.74) is 1.23. The predicted octanol–water partition coefficient (Wildman–Crippen LogP) is 2.09. The van der Waals surface area contributed by atoms with Gasteiger partial charge in [0, 0.05) is 7.05 Å². The molecule has 2 rings (SSSR count). The first-order chi connectivity index (χ1) is 11.8. The van der Waals surface area contributed by atoms with E-state index in [0.717, 1.165) is 10.2 Å². The van der Waals surface area contributed by atoms with E-state index in [4.69, 9.17) is 5.26 Å². The smallest absolute Gasteiger partial charge is 0.285 e. The zero-order valence-electron chi connectivity index (χ0n) is 14.6. The lowest BCUT2D eigenvalue weighted by Gasteiger charge is -2.25. The highest BCUT2D eigenvalue weighted by Crippen LogP contribution is 2.19. The van der Waals surface area contributed by atoms with Gasteiger partial charge in [-0.15, -0.1) is 0 Å². The molecule has 130 valence electrons. The number of halogens is 1. The molecule has 0 aliphatic rings. The third-order valence-electron chi connectivity index (χ3n) is 4.36. The number of aryl methyl sites for hydroxylation is 1. The highest BCUT2D eigenvalue weighted by atomic mass is 19.1. The molecule has 0 unspecified atom stereocenters. The van der Waals surface area contributed by atoms with Crippen molar-refractivity contribution in [1.82, 2.24) is 14.7 Å². The minimum Gasteiger partial charge on any atom is -0.337 e. The molecule has 6 nitrogen and oxygen atoms in total. The van der Waals surface area contributed by atoms with Crippen LogP contribution in [0.2, 0.25) is 0 Å². The van der Waals surface area contributed by atoms with E-state index in [1.807, 2.05) is 13.0 Å². The number of nitriles is 1. The van der Waals surface area contributed by atoms with Crippen LogP contribution in [-0.4, -0.2) is 27.6 Å². The van der Waals surface area contributed by atoms with Gasteiger partial charge in [-0.3, -0.25) is 9.59 Å². The fraction of sp³-hybridized carbons (Fsp3) is 0.333. The maximum absolute atomic E-state index is 13.0. The van der Waals surface area contributed by atoms with Gasteiger partial charge in [-0.25, -0.2) is 9.07 Å². The average Bonchev–Trinajstić information content (AvgIpc) is 2.59. The SMILES string of the molecule is Cc1nn(CC(=O)N(C)[C@H](C)c2ccc(F)cc2)c(=O)c(C#N)c1C. The molecule has 0 aliphatic carbocycles. The van der Waals surface area contributed by atoms with Crippen molar-refractivity contribution in [2.24, 2.45) is 0 Å². The number of likely N-dealkylation sites (N-methyl/N-ethyl adjacent to an activating group) is 1. The molecular formula is C18H19FN4O2. The minimum absolute atomic E-state index is 0.00506. The van der Waals surface area contributed by atoms with Crippen molar-refractivity contribution in [2.75, 3.05) is 7.05 Å². The van der Waals surface area contributed by atoms with Gasteiger partial charge in [0.15, 0.2) is 0 Å². The quantitative estimate of drug-likeness (QED) is 0.852. The second kappa shape index (κ2) is 7.26. The Morgan fingerprint density at radius 1 is 1.36 bits per heavy atom. The highest BCUT2D eigenvalue weighted by Gasteiger charge is 2.20. The summed E-state index contributed by atoms with van der Waals surface area (Å²) in [6.45, 7) is 4.87. The lowest BCUT2D eigenvalue weighted by atomic mass is 10.1. The van der Waals surface area contributed by atoms with E-state index in [9.17, 15) is 14.0 Å². The van der Waals surface area contributed by atoms with Gasteiger partial charge < -0.3 is 4.90 Å². The topological polar surface area (TPSA) is 79.0 Å². The lowest BCUT2D eigenvalue weighted by Crippen LogP contribution is -2.37. The molecule has 7 heteroatoms. The van der Waals surface area contributed by atoms with Crippen LogP contribution < -0.4 is 5.56 Å². The van der Waals surface area contributed by atoms with Crippen LogP contribution in [0.5, 0.6) is 0 Å². The van der Waals surface area contributed by atoms with Crippen LogP contribution in [0.15, 0.2) is 29.1 Å². The number of amides is 1. The summed E-state index contributed by atoms with van der Waals surface area (Å²) in [7, 11) is 1.60. The summed E-state index contributed by atoms with van der Waals surface area (Å²) < 4.78 is 14.0. The molecule has 0 saturated carbocycles. The van der Waals surface area contributed by atoms with Gasteiger partial charge in [-0.1, -0.05) is 12.1 Å². The molecule has 0 aliphatic heterocycles. The first-order valence-electron chi connectivity index (χ1n) is 7.75. The zero-order chi connectivity index (χ0) is 18.7. The van der Waals surface area contributed by atoms with Crippen LogP contribution in [0.3, 0.4) is 0 Å². The number of carbonyl (C=O) groups excluding carboxylic acids is 1. The number of hydrogen-bond donors (Lipinski definition) is 0. The van der Waals surface area contributed by atoms with E-state index in [2.05, 4.69) is 5.10 Å². The van der Waals surface area contributed by atoms with Crippen molar-refractivity contribution < 1.29 is 9.18 Å². The largest absolute Gasteiger partial charge is 0.337 e. The van der Waals surface area contributed by atoms with Crippen molar-refractivity contribution in [2.45, 2.75) is 33.4 Å². The second-order valence-electron chi connectivity index (χ2n) is 5.89. The third-order valence-corrected chi connectivity index (χ3v) is 4.36. The molecule has 1 heterocycles. The normalized spacial score (nSPS) is 11.7. The number of benzene rings is 1. The number of hydrogen-bond acceptors (Lipinski definition) is 4. The molecule has 0 radical (unpaired) electrons. The standard InChI is InChI=1S/C18H19FN4O2/c1-11-12(2)21-23(18(25)16(11)9-20)10-17(24)22(4)13(3)14-5-7-15(19)8-6-14/h5-8,13H,10H2,1-4H3/t13-/m1/s1. The van der Waals surface area contributed by atoms with Crippen LogP contribution in [-0.2, 0) is 11.3 Å². The van der Waals surface area contributed by atoms with Crippen molar-refractivity contribution >= 4 is 5.91 Å². The molecule has 1 atom stereocenters. The van der Waals surface area contributed by atoms with Crippen LogP contribution in [0, 0.1) is 31.0 Å². The predicted molar refractivity (Wildman–Crippen MR) is 90.3 cm³/mol. The summed E-state index contributed by atoms with van der Waals surface area (Å²) in [6, 6.07) is 7.45. The maximum Gasteiger partial charge on any atom is 0.285 e. The van der Waals surface area contributed by atoms with E-state index in [1.165, 1.54) is 17.0 Å². The second-order valence-corrected chi connectivity index (χ2v) is 5.89. The average molecular weight is 342 g/mol. The number of carbonyl (C=O) groups is 1. The first kappa shape index (κ1) is 18.3. The molecule has 25 heavy (non-hydrogen) atoms. The summed E-state index contributed by atoms with van der Waals surface area (Å²) in [5.74, 6) is -0.682. The Balaban J connectivity index is 2.25. The summed E-state index contributed by atoms with van der Waals surface area (Å²) >= 11 is 0. The molecule has 0 bridgehead atoms. The number of rotatable bonds is 4. The van der Waals surface area contributed by atoms with Crippen molar-refractivity contribution in [3.05, 3.63) is 62.8 Å². The third kappa shape index (κ3) is 3.74. The Morgan fingerprint density at radius 2 is 1.96 bits per heavy atom. The van der Waals surface area contributed by atoms with Gasteiger partial charge in [0.2, 0.25) is 5.91 Å². The Labute approximate surface area is 145 Å². The Morgan fingerprint density at radius 3 is 2.52 bits per heavy atom. The highest BCUT2D eigenvalue weighted by molar-refractivity contribution is 5.76. The molecule has 1 aromatic carbocycles. The van der Waals surface area contributed by atoms with E-state index < -0.39 is 5.56 Å². The van der Waals surface area contributed by atoms with Crippen molar-refractivity contribution in [1.29, 1.82) is 5.26 Å². The molecule has 1 amide bonds. The Bertz CT molecular complexity index is 897. The van der Waals surface area contributed by atoms with Crippen LogP contribution in [0.4, 0.5) is 4.39 Å². The molecule has 0 fully saturated rings. The maximum atomic E-state index is 13.0. The van der Waals surface area contributed by atoms with Gasteiger partial charge in [-0.05, 0) is 44.0 Å². The van der Waals surface area contributed by atoms with Crippen molar-refractivity contribution in [3.63, 3.8) is 0 Å². The Hall–Kier alpha value is -3.01. The monoisotopic (exact) mass is 342 g/mol. The fourth-order valence-corrected chi connectivity index (χ4v) is 2.43. The number of aromatic nitrogens is 2. The minimum atomic E-state index is -0.582. The van der Waals surface area contributed by atoms with Crippen LogP contribution in [0.1, 0.15) is 35.3 Å². The summed E-state index contributed by atoms with van der Waals surface area (Å²) in [5, 5.41) is 13.2. The Kier molecular flexibility index (Phi) is 5.32. The van der Waals surface area contributed by atoms with Gasteiger partial charge in [0.25, 0.3) is 5.56 Å². The van der Waals surface area contributed by atoms with E-state index in [1.54, 1.807) is 33.0 Å². The van der Waals surface area contributed by atoms with E-state index >= 15 is 0 Å². The van der Waals surface area contributed by atoms with E-state index in [0.29, 0.717) is 11.3 Å².